The van der Waals surface area contributed by atoms with Crippen molar-refractivity contribution in [1.29, 1.82) is 0 Å². The minimum atomic E-state index is -5.12. The third-order valence-corrected chi connectivity index (χ3v) is 1.92. The summed E-state index contributed by atoms with van der Waals surface area (Å²) in [6, 6.07) is 0.539. The Morgan fingerprint density at radius 2 is 2.05 bits per heavy atom. The fraction of sp³-hybridized carbons (Fsp3) is 0.333. The molecule has 1 aromatic rings. The van der Waals surface area contributed by atoms with Crippen LogP contribution in [0.15, 0.2) is 6.07 Å². The van der Waals surface area contributed by atoms with Gasteiger partial charge >= 0.3 is 12.3 Å². The number of carboxylic acids is 1. The van der Waals surface area contributed by atoms with Crippen molar-refractivity contribution in [3.8, 4) is 5.88 Å². The molecule has 5 nitrogen and oxygen atoms in total. The first-order chi connectivity index (χ1) is 8.60. The lowest BCUT2D eigenvalue weighted by Gasteiger charge is -2.13. The predicted molar refractivity (Wildman–Crippen MR) is 51.6 cm³/mol. The lowest BCUT2D eigenvalue weighted by molar-refractivity contribution is -0.276. The number of nitrogens with two attached hydrogens (primary N) is 1. The molecule has 0 radical (unpaired) electrons. The molecule has 0 amide bonds. The van der Waals surface area contributed by atoms with E-state index >= 15 is 0 Å². The van der Waals surface area contributed by atoms with Crippen LogP contribution in [0, 0.1) is 0 Å². The molecule has 0 aliphatic carbocycles. The number of aliphatic carboxylic acids is 1. The highest BCUT2D eigenvalue weighted by molar-refractivity contribution is 5.73. The Kier molecular flexibility index (Phi) is 4.12. The second-order valence-electron chi connectivity index (χ2n) is 3.33. The van der Waals surface area contributed by atoms with E-state index in [1.54, 1.807) is 0 Å². The molecule has 0 unspecified atom stereocenters. The Morgan fingerprint density at radius 1 is 1.47 bits per heavy atom. The first-order valence-corrected chi connectivity index (χ1v) is 4.65. The van der Waals surface area contributed by atoms with Crippen LogP contribution in [0.25, 0.3) is 0 Å². The highest BCUT2D eigenvalue weighted by Gasteiger charge is 2.33. The molecular weight excluding hydrogens is 279 g/mol. The average molecular weight is 286 g/mol. The Hall–Kier alpha value is -2.13. The Bertz CT molecular complexity index is 489. The predicted octanol–water partition coefficient (Wildman–Crippen LogP) is 2.13. The van der Waals surface area contributed by atoms with E-state index in [1.807, 2.05) is 0 Å². The minimum absolute atomic E-state index is 0.539. The number of carbonyl (C=O) groups is 1. The average Bonchev–Trinajstić information content (AvgIpc) is 2.18. The van der Waals surface area contributed by atoms with Gasteiger partial charge in [-0.1, -0.05) is 0 Å². The van der Waals surface area contributed by atoms with E-state index in [4.69, 9.17) is 10.8 Å². The first kappa shape index (κ1) is 14.9. The van der Waals surface area contributed by atoms with Gasteiger partial charge in [-0.05, 0) is 0 Å². The molecule has 106 valence electrons. The van der Waals surface area contributed by atoms with Crippen LogP contribution in [0.2, 0.25) is 0 Å². The molecule has 0 fully saturated rings. The Balaban J connectivity index is 3.25. The third-order valence-electron chi connectivity index (χ3n) is 1.92. The number of carboxylic acid groups (broad SMARTS) is 1. The van der Waals surface area contributed by atoms with Crippen LogP contribution in [0.3, 0.4) is 0 Å². The summed E-state index contributed by atoms with van der Waals surface area (Å²) in [4.78, 5) is 13.4. The largest absolute Gasteiger partial charge is 0.574 e. The normalized spacial score (nSPS) is 11.7. The summed E-state index contributed by atoms with van der Waals surface area (Å²) in [7, 11) is 0. The molecule has 10 heteroatoms. The second kappa shape index (κ2) is 5.24. The SMILES string of the molecule is Nc1cc(OC(F)(F)F)nc(C(F)F)c1CC(=O)O. The van der Waals surface area contributed by atoms with Crippen LogP contribution in [-0.4, -0.2) is 22.4 Å². The van der Waals surface area contributed by atoms with Crippen molar-refractivity contribution >= 4 is 11.7 Å². The van der Waals surface area contributed by atoms with Gasteiger partial charge in [0.1, 0.15) is 5.69 Å². The Labute approximate surface area is 102 Å². The number of nitrogen functional groups attached to an aromatic ring is 1. The van der Waals surface area contributed by atoms with E-state index in [1.165, 1.54) is 0 Å². The van der Waals surface area contributed by atoms with Crippen molar-refractivity contribution in [2.24, 2.45) is 0 Å². The van der Waals surface area contributed by atoms with E-state index in [0.29, 0.717) is 6.07 Å². The fourth-order valence-electron chi connectivity index (χ4n) is 1.28. The van der Waals surface area contributed by atoms with Crippen LogP contribution in [0.5, 0.6) is 5.88 Å². The molecule has 19 heavy (non-hydrogen) atoms. The summed E-state index contributed by atoms with van der Waals surface area (Å²) in [6.07, 6.45) is -9.29. The van der Waals surface area contributed by atoms with E-state index in [2.05, 4.69) is 9.72 Å². The van der Waals surface area contributed by atoms with Crippen molar-refractivity contribution in [2.75, 3.05) is 5.73 Å². The minimum Gasteiger partial charge on any atom is -0.481 e. The standard InChI is InChI=1S/C9H7F5N2O3/c10-8(11)7-3(1-6(17)18)4(15)2-5(16-7)19-9(12,13)14/h2,8H,1H2,(H2,15,16)(H,17,18). The van der Waals surface area contributed by atoms with Crippen LogP contribution >= 0.6 is 0 Å². The lowest BCUT2D eigenvalue weighted by atomic mass is 10.1. The summed E-state index contributed by atoms with van der Waals surface area (Å²) < 4.78 is 64.4. The quantitative estimate of drug-likeness (QED) is 0.828. The van der Waals surface area contributed by atoms with E-state index in [-0.39, 0.29) is 0 Å². The number of ether oxygens (including phenoxy) is 1. The maximum Gasteiger partial charge on any atom is 0.574 e. The van der Waals surface area contributed by atoms with Crippen LogP contribution in [0.1, 0.15) is 17.7 Å². The molecule has 1 heterocycles. The van der Waals surface area contributed by atoms with Crippen molar-refractivity contribution < 1.29 is 36.6 Å². The molecule has 0 aliphatic rings. The molecule has 1 aromatic heterocycles. The lowest BCUT2D eigenvalue weighted by Crippen LogP contribution is -2.19. The summed E-state index contributed by atoms with van der Waals surface area (Å²) in [5.41, 5.74) is 2.98. The monoisotopic (exact) mass is 286 g/mol. The van der Waals surface area contributed by atoms with Crippen LogP contribution < -0.4 is 10.5 Å². The zero-order valence-corrected chi connectivity index (χ0v) is 9.04. The van der Waals surface area contributed by atoms with E-state index in [9.17, 15) is 26.7 Å². The molecule has 1 rings (SSSR count). The number of hydrogen-bond donors (Lipinski definition) is 2. The molecular formula is C9H7F5N2O3. The number of nitrogens with zero attached hydrogens (tertiary/aromatic N) is 1. The number of aromatic nitrogens is 1. The van der Waals surface area contributed by atoms with Gasteiger partial charge < -0.3 is 15.6 Å². The van der Waals surface area contributed by atoms with Gasteiger partial charge in [0.25, 0.3) is 6.43 Å². The van der Waals surface area contributed by atoms with Gasteiger partial charge in [0.15, 0.2) is 0 Å². The second-order valence-corrected chi connectivity index (χ2v) is 3.33. The van der Waals surface area contributed by atoms with Gasteiger partial charge in [0.05, 0.1) is 6.42 Å². The van der Waals surface area contributed by atoms with Gasteiger partial charge in [0.2, 0.25) is 5.88 Å². The maximum atomic E-state index is 12.6. The fourth-order valence-corrected chi connectivity index (χ4v) is 1.28. The molecule has 3 N–H and O–H groups in total. The number of halogens is 5. The van der Waals surface area contributed by atoms with Gasteiger partial charge in [-0.3, -0.25) is 4.79 Å². The number of rotatable bonds is 4. The van der Waals surface area contributed by atoms with Crippen molar-refractivity contribution in [2.45, 2.75) is 19.2 Å². The van der Waals surface area contributed by atoms with E-state index < -0.39 is 48.0 Å². The summed E-state index contributed by atoms with van der Waals surface area (Å²) in [6.45, 7) is 0. The molecule has 0 bridgehead atoms. The molecule has 0 spiro atoms. The zero-order chi connectivity index (χ0) is 14.8. The summed E-state index contributed by atoms with van der Waals surface area (Å²) >= 11 is 0. The molecule has 0 aliphatic heterocycles. The van der Waals surface area contributed by atoms with Crippen LogP contribution in [0.4, 0.5) is 27.6 Å². The Morgan fingerprint density at radius 3 is 2.47 bits per heavy atom. The smallest absolute Gasteiger partial charge is 0.481 e. The summed E-state index contributed by atoms with van der Waals surface area (Å²) in [5, 5.41) is 8.51. The topological polar surface area (TPSA) is 85.4 Å². The molecule has 0 aromatic carbocycles. The van der Waals surface area contributed by atoms with Crippen molar-refractivity contribution in [3.05, 3.63) is 17.3 Å². The first-order valence-electron chi connectivity index (χ1n) is 4.65. The van der Waals surface area contributed by atoms with Gasteiger partial charge in [-0.15, -0.1) is 13.2 Å². The van der Waals surface area contributed by atoms with E-state index in [0.717, 1.165) is 0 Å². The number of hydrogen-bond acceptors (Lipinski definition) is 4. The highest BCUT2D eigenvalue weighted by Crippen LogP contribution is 2.31. The summed E-state index contributed by atoms with van der Waals surface area (Å²) in [5.74, 6) is -2.64. The van der Waals surface area contributed by atoms with Crippen molar-refractivity contribution in [3.63, 3.8) is 0 Å². The molecule has 0 atom stereocenters. The van der Waals surface area contributed by atoms with Gasteiger partial charge in [-0.25, -0.2) is 13.8 Å². The maximum absolute atomic E-state index is 12.6. The highest BCUT2D eigenvalue weighted by atomic mass is 19.4. The van der Waals surface area contributed by atoms with Gasteiger partial charge in [-0.2, -0.15) is 0 Å². The number of anilines is 1. The molecule has 0 saturated carbocycles. The number of pyridine rings is 1. The molecule has 0 saturated heterocycles. The van der Waals surface area contributed by atoms with Gasteiger partial charge in [0, 0.05) is 17.3 Å². The number of alkyl halides is 5. The zero-order valence-electron chi connectivity index (χ0n) is 9.04. The van der Waals surface area contributed by atoms with Crippen LogP contribution in [-0.2, 0) is 11.2 Å². The third kappa shape index (κ3) is 4.23. The van der Waals surface area contributed by atoms with Crippen molar-refractivity contribution in [1.82, 2.24) is 4.98 Å².